The molecule has 132 valence electrons. The molecule has 2 aromatic rings. The Kier molecular flexibility index (Phi) is 4.40. The number of aromatic nitrogens is 1. The van der Waals surface area contributed by atoms with Crippen molar-refractivity contribution in [2.75, 3.05) is 13.2 Å². The second kappa shape index (κ2) is 6.22. The second-order valence-corrected chi connectivity index (χ2v) is 6.88. The van der Waals surface area contributed by atoms with Crippen molar-refractivity contribution in [3.05, 3.63) is 24.0 Å². The summed E-state index contributed by atoms with van der Waals surface area (Å²) in [4.78, 5) is 0. The molecule has 0 radical (unpaired) electrons. The normalized spacial score (nSPS) is 19.0. The van der Waals surface area contributed by atoms with Crippen molar-refractivity contribution in [1.29, 1.82) is 0 Å². The maximum absolute atomic E-state index is 12.5. The Labute approximate surface area is 134 Å². The van der Waals surface area contributed by atoms with E-state index < -0.39 is 27.1 Å². The number of rotatable bonds is 5. The molecule has 0 amide bonds. The molecule has 0 aromatic carbocycles. The highest BCUT2D eigenvalue weighted by atomic mass is 32.2. The first-order chi connectivity index (χ1) is 11.3. The van der Waals surface area contributed by atoms with Crippen LogP contribution in [0.5, 0.6) is 0 Å². The number of furan rings is 1. The maximum atomic E-state index is 12.5. The highest BCUT2D eigenvalue weighted by Crippen LogP contribution is 2.33. The van der Waals surface area contributed by atoms with Crippen molar-refractivity contribution in [2.24, 2.45) is 0 Å². The SMILES string of the molecule is O=S(=O)(NC[C@H]1CCCO1)c1ccc(-c2cc(C(F)(F)F)on2)o1. The molecule has 1 atom stereocenters. The quantitative estimate of drug-likeness (QED) is 0.873. The number of nitrogens with zero attached hydrogens (tertiary/aromatic N) is 1. The zero-order valence-corrected chi connectivity index (χ0v) is 13.0. The minimum atomic E-state index is -4.68. The Morgan fingerprint density at radius 2 is 2.12 bits per heavy atom. The molecule has 3 rings (SSSR count). The van der Waals surface area contributed by atoms with Crippen molar-refractivity contribution in [1.82, 2.24) is 9.88 Å². The summed E-state index contributed by atoms with van der Waals surface area (Å²) in [6.07, 6.45) is -3.26. The molecular formula is C13H13F3N2O5S. The summed E-state index contributed by atoms with van der Waals surface area (Å²) in [6.45, 7) is 0.686. The summed E-state index contributed by atoms with van der Waals surface area (Å²) >= 11 is 0. The van der Waals surface area contributed by atoms with Crippen LogP contribution in [0.3, 0.4) is 0 Å². The average molecular weight is 366 g/mol. The lowest BCUT2D eigenvalue weighted by Crippen LogP contribution is -2.31. The van der Waals surface area contributed by atoms with Crippen LogP contribution >= 0.6 is 0 Å². The van der Waals surface area contributed by atoms with Crippen LogP contribution in [0.15, 0.2) is 32.2 Å². The van der Waals surface area contributed by atoms with Gasteiger partial charge in [-0.05, 0) is 25.0 Å². The first-order valence-electron chi connectivity index (χ1n) is 7.01. The van der Waals surface area contributed by atoms with E-state index in [1.807, 2.05) is 0 Å². The summed E-state index contributed by atoms with van der Waals surface area (Å²) in [5.41, 5.74) is -0.247. The van der Waals surface area contributed by atoms with E-state index in [0.717, 1.165) is 18.9 Å². The zero-order chi connectivity index (χ0) is 17.4. The van der Waals surface area contributed by atoms with Gasteiger partial charge in [-0.1, -0.05) is 5.16 Å². The van der Waals surface area contributed by atoms with E-state index in [4.69, 9.17) is 9.15 Å². The largest absolute Gasteiger partial charge is 0.452 e. The topological polar surface area (TPSA) is 94.6 Å². The van der Waals surface area contributed by atoms with Gasteiger partial charge in [-0.2, -0.15) is 13.2 Å². The van der Waals surface area contributed by atoms with Gasteiger partial charge >= 0.3 is 6.18 Å². The molecular weight excluding hydrogens is 353 g/mol. The molecule has 24 heavy (non-hydrogen) atoms. The van der Waals surface area contributed by atoms with Crippen LogP contribution in [0.4, 0.5) is 13.2 Å². The molecule has 0 saturated carbocycles. The van der Waals surface area contributed by atoms with Crippen molar-refractivity contribution >= 4 is 10.0 Å². The molecule has 0 unspecified atom stereocenters. The first-order valence-corrected chi connectivity index (χ1v) is 8.49. The third-order valence-corrected chi connectivity index (χ3v) is 4.71. The highest BCUT2D eigenvalue weighted by Gasteiger charge is 2.36. The zero-order valence-electron chi connectivity index (χ0n) is 12.2. The summed E-state index contributed by atoms with van der Waals surface area (Å²) in [7, 11) is -3.93. The van der Waals surface area contributed by atoms with Gasteiger partial charge in [-0.15, -0.1) is 0 Å². The fourth-order valence-electron chi connectivity index (χ4n) is 2.21. The number of sulfonamides is 1. The minimum Gasteiger partial charge on any atom is -0.441 e. The van der Waals surface area contributed by atoms with Crippen molar-refractivity contribution in [2.45, 2.75) is 30.2 Å². The van der Waals surface area contributed by atoms with Gasteiger partial charge in [0.25, 0.3) is 10.0 Å². The molecule has 1 aliphatic rings. The Morgan fingerprint density at radius 1 is 1.33 bits per heavy atom. The molecule has 7 nitrogen and oxygen atoms in total. The predicted octanol–water partition coefficient (Wildman–Crippen LogP) is 2.41. The summed E-state index contributed by atoms with van der Waals surface area (Å²) in [6, 6.07) is 2.97. The average Bonchev–Trinajstić information content (AvgIpc) is 3.23. The van der Waals surface area contributed by atoms with E-state index in [2.05, 4.69) is 14.4 Å². The number of nitrogens with one attached hydrogen (secondary N) is 1. The fraction of sp³-hybridized carbons (Fsp3) is 0.462. The molecule has 1 saturated heterocycles. The van der Waals surface area contributed by atoms with Crippen LogP contribution in [-0.2, 0) is 20.9 Å². The third kappa shape index (κ3) is 3.62. The van der Waals surface area contributed by atoms with Crippen molar-refractivity contribution < 1.29 is 35.3 Å². The lowest BCUT2D eigenvalue weighted by atomic mass is 10.2. The fourth-order valence-corrected chi connectivity index (χ4v) is 3.20. The smallest absolute Gasteiger partial charge is 0.441 e. The van der Waals surface area contributed by atoms with Crippen molar-refractivity contribution in [3.8, 4) is 11.5 Å². The van der Waals surface area contributed by atoms with Crippen LogP contribution in [0.1, 0.15) is 18.6 Å². The Bertz CT molecular complexity index is 806. The van der Waals surface area contributed by atoms with E-state index in [-0.39, 0.29) is 24.1 Å². The van der Waals surface area contributed by atoms with Gasteiger partial charge in [-0.25, -0.2) is 13.1 Å². The number of alkyl halides is 3. The lowest BCUT2D eigenvalue weighted by molar-refractivity contribution is -0.155. The molecule has 1 N–H and O–H groups in total. The minimum absolute atomic E-state index is 0.0978. The van der Waals surface area contributed by atoms with Gasteiger partial charge in [0.15, 0.2) is 5.76 Å². The van der Waals surface area contributed by atoms with Gasteiger partial charge in [0.2, 0.25) is 10.9 Å². The van der Waals surface area contributed by atoms with Crippen LogP contribution < -0.4 is 4.72 Å². The maximum Gasteiger partial charge on any atom is 0.452 e. The van der Waals surface area contributed by atoms with E-state index >= 15 is 0 Å². The van der Waals surface area contributed by atoms with Crippen LogP contribution in [0.25, 0.3) is 11.5 Å². The summed E-state index contributed by atoms with van der Waals surface area (Å²) < 4.78 is 78.6. The number of halogens is 3. The van der Waals surface area contributed by atoms with E-state index in [1.165, 1.54) is 6.07 Å². The van der Waals surface area contributed by atoms with Crippen LogP contribution in [-0.4, -0.2) is 32.8 Å². The van der Waals surface area contributed by atoms with Gasteiger partial charge in [0.05, 0.1) is 6.10 Å². The monoisotopic (exact) mass is 366 g/mol. The molecule has 0 aliphatic carbocycles. The molecule has 1 fully saturated rings. The van der Waals surface area contributed by atoms with Gasteiger partial charge in [-0.3, -0.25) is 0 Å². The number of ether oxygens (including phenoxy) is 1. The summed E-state index contributed by atoms with van der Waals surface area (Å²) in [5.74, 6) is -1.44. The predicted molar refractivity (Wildman–Crippen MR) is 73.4 cm³/mol. The number of hydrogen-bond donors (Lipinski definition) is 1. The standard InChI is InChI=1S/C13H13F3N2O5S/c14-13(15,16)11-6-9(18-23-11)10-3-4-12(22-10)24(19,20)17-7-8-2-1-5-21-8/h3-4,6,8,17H,1-2,5,7H2/t8-/m1/s1. The first kappa shape index (κ1) is 17.0. The number of hydrogen-bond acceptors (Lipinski definition) is 6. The second-order valence-electron chi connectivity index (χ2n) is 5.18. The van der Waals surface area contributed by atoms with Gasteiger partial charge < -0.3 is 13.7 Å². The van der Waals surface area contributed by atoms with Crippen LogP contribution in [0.2, 0.25) is 0 Å². The van der Waals surface area contributed by atoms with Gasteiger partial charge in [0, 0.05) is 19.2 Å². The Balaban J connectivity index is 1.73. The third-order valence-electron chi connectivity index (χ3n) is 3.41. The Morgan fingerprint density at radius 3 is 2.75 bits per heavy atom. The van der Waals surface area contributed by atoms with Gasteiger partial charge in [0.1, 0.15) is 5.69 Å². The lowest BCUT2D eigenvalue weighted by Gasteiger charge is -2.09. The van der Waals surface area contributed by atoms with Crippen LogP contribution in [0, 0.1) is 0 Å². The van der Waals surface area contributed by atoms with Crippen molar-refractivity contribution in [3.63, 3.8) is 0 Å². The molecule has 3 heterocycles. The molecule has 11 heteroatoms. The highest BCUT2D eigenvalue weighted by molar-refractivity contribution is 7.89. The molecule has 1 aliphatic heterocycles. The molecule has 2 aromatic heterocycles. The van der Waals surface area contributed by atoms with E-state index in [1.54, 1.807) is 0 Å². The Hall–Kier alpha value is -1.85. The molecule has 0 bridgehead atoms. The summed E-state index contributed by atoms with van der Waals surface area (Å²) in [5, 5.41) is 2.81. The molecule has 0 spiro atoms. The van der Waals surface area contributed by atoms with E-state index in [9.17, 15) is 21.6 Å². The van der Waals surface area contributed by atoms with E-state index in [0.29, 0.717) is 12.7 Å².